The molecule has 1 amide bonds. The van der Waals surface area contributed by atoms with E-state index in [1.165, 1.54) is 0 Å². The molecule has 0 saturated carbocycles. The number of hydrogen-bond donors (Lipinski definition) is 2. The maximum Gasteiger partial charge on any atom is 0.238 e. The van der Waals surface area contributed by atoms with Crippen LogP contribution in [0.2, 0.25) is 0 Å². The summed E-state index contributed by atoms with van der Waals surface area (Å²) < 4.78 is 1.83. The third-order valence-corrected chi connectivity index (χ3v) is 4.63. The van der Waals surface area contributed by atoms with Gasteiger partial charge in [-0.05, 0) is 59.4 Å². The van der Waals surface area contributed by atoms with E-state index in [4.69, 9.17) is 5.11 Å². The summed E-state index contributed by atoms with van der Waals surface area (Å²) in [6.45, 7) is 2.47. The second-order valence-corrected chi connectivity index (χ2v) is 6.84. The van der Waals surface area contributed by atoms with Gasteiger partial charge in [-0.3, -0.25) is 9.69 Å². The van der Waals surface area contributed by atoms with Gasteiger partial charge in [0.05, 0.1) is 12.2 Å². The number of nitrogens with zero attached hydrogens (tertiary/aromatic N) is 1. The molecule has 1 fully saturated rings. The van der Waals surface area contributed by atoms with E-state index >= 15 is 0 Å². The fraction of sp³-hybridized carbons (Fsp3) is 0.500. The van der Waals surface area contributed by atoms with Crippen molar-refractivity contribution in [3.63, 3.8) is 0 Å². The number of carbonyl (C=O) groups is 1. The summed E-state index contributed by atoms with van der Waals surface area (Å²) >= 11 is 6.82. The van der Waals surface area contributed by atoms with Gasteiger partial charge in [0.25, 0.3) is 0 Å². The normalized spacial score (nSPS) is 19.2. The lowest BCUT2D eigenvalue weighted by molar-refractivity contribution is -0.117. The van der Waals surface area contributed by atoms with Crippen LogP contribution >= 0.6 is 31.9 Å². The topological polar surface area (TPSA) is 52.6 Å². The van der Waals surface area contributed by atoms with E-state index in [-0.39, 0.29) is 12.5 Å². The van der Waals surface area contributed by atoms with Crippen LogP contribution in [0.3, 0.4) is 0 Å². The van der Waals surface area contributed by atoms with Crippen LogP contribution in [0.1, 0.15) is 12.8 Å². The number of anilines is 1. The number of halogens is 2. The summed E-state index contributed by atoms with van der Waals surface area (Å²) in [4.78, 5) is 14.2. The third-order valence-electron chi connectivity index (χ3n) is 3.48. The molecule has 1 heterocycles. The van der Waals surface area contributed by atoms with Crippen LogP contribution in [-0.2, 0) is 4.79 Å². The van der Waals surface area contributed by atoms with Gasteiger partial charge in [0.2, 0.25) is 5.91 Å². The first kappa shape index (κ1) is 15.9. The van der Waals surface area contributed by atoms with Gasteiger partial charge >= 0.3 is 0 Å². The van der Waals surface area contributed by atoms with Crippen molar-refractivity contribution in [2.75, 3.05) is 31.6 Å². The molecule has 1 aliphatic heterocycles. The molecule has 110 valence electrons. The van der Waals surface area contributed by atoms with E-state index in [0.717, 1.165) is 40.6 Å². The molecular weight excluding hydrogens is 388 g/mol. The first-order chi connectivity index (χ1) is 9.58. The highest BCUT2D eigenvalue weighted by Gasteiger charge is 2.23. The molecule has 0 bridgehead atoms. The summed E-state index contributed by atoms with van der Waals surface area (Å²) in [5, 5.41) is 11.8. The number of amides is 1. The van der Waals surface area contributed by atoms with Crippen LogP contribution < -0.4 is 5.32 Å². The Morgan fingerprint density at radius 1 is 1.45 bits per heavy atom. The molecule has 6 heteroatoms. The van der Waals surface area contributed by atoms with Crippen LogP contribution in [0.5, 0.6) is 0 Å². The molecule has 0 spiro atoms. The molecule has 1 aliphatic rings. The van der Waals surface area contributed by atoms with E-state index in [9.17, 15) is 4.79 Å². The van der Waals surface area contributed by atoms with Crippen molar-refractivity contribution >= 4 is 43.5 Å². The molecule has 2 N–H and O–H groups in total. The predicted octanol–water partition coefficient (Wildman–Crippen LogP) is 2.85. The maximum absolute atomic E-state index is 12.0. The highest BCUT2D eigenvalue weighted by atomic mass is 79.9. The van der Waals surface area contributed by atoms with Crippen LogP contribution in [0.4, 0.5) is 5.69 Å². The number of aliphatic hydroxyl groups excluding tert-OH is 1. The van der Waals surface area contributed by atoms with Gasteiger partial charge in [-0.1, -0.05) is 15.9 Å². The number of carbonyl (C=O) groups excluding carboxylic acids is 1. The summed E-state index contributed by atoms with van der Waals surface area (Å²) in [5.74, 6) is 0.518. The minimum atomic E-state index is -0.00216. The standard InChI is InChI=1S/C14H18Br2N2O2/c15-11-1-2-13(12(16)7-11)17-14(20)9-18-5-3-10(8-18)4-6-19/h1-2,7,10,19H,3-6,8-9H2,(H,17,20). The van der Waals surface area contributed by atoms with Gasteiger partial charge in [-0.2, -0.15) is 0 Å². The van der Waals surface area contributed by atoms with Crippen molar-refractivity contribution in [1.82, 2.24) is 4.90 Å². The van der Waals surface area contributed by atoms with Crippen molar-refractivity contribution in [2.24, 2.45) is 5.92 Å². The lowest BCUT2D eigenvalue weighted by atomic mass is 10.1. The fourth-order valence-electron chi connectivity index (χ4n) is 2.46. The second-order valence-electron chi connectivity index (χ2n) is 5.07. The van der Waals surface area contributed by atoms with Crippen LogP contribution in [0.15, 0.2) is 27.1 Å². The Hall–Kier alpha value is -0.430. The molecule has 0 radical (unpaired) electrons. The zero-order valence-electron chi connectivity index (χ0n) is 11.1. The van der Waals surface area contributed by atoms with E-state index in [2.05, 4.69) is 42.1 Å². The van der Waals surface area contributed by atoms with Crippen molar-refractivity contribution in [1.29, 1.82) is 0 Å². The first-order valence-electron chi connectivity index (χ1n) is 6.66. The highest BCUT2D eigenvalue weighted by Crippen LogP contribution is 2.26. The van der Waals surface area contributed by atoms with Crippen molar-refractivity contribution in [3.8, 4) is 0 Å². The average Bonchev–Trinajstić information content (AvgIpc) is 2.81. The molecule has 0 aliphatic carbocycles. The van der Waals surface area contributed by atoms with Crippen molar-refractivity contribution in [2.45, 2.75) is 12.8 Å². The Kier molecular flexibility index (Phi) is 6.01. The largest absolute Gasteiger partial charge is 0.396 e. The SMILES string of the molecule is O=C(CN1CCC(CCO)C1)Nc1ccc(Br)cc1Br. The molecule has 1 saturated heterocycles. The van der Waals surface area contributed by atoms with Crippen LogP contribution in [0.25, 0.3) is 0 Å². The zero-order chi connectivity index (χ0) is 14.5. The highest BCUT2D eigenvalue weighted by molar-refractivity contribution is 9.11. The average molecular weight is 406 g/mol. The number of benzene rings is 1. The van der Waals surface area contributed by atoms with Crippen LogP contribution in [0, 0.1) is 5.92 Å². The monoisotopic (exact) mass is 404 g/mol. The van der Waals surface area contributed by atoms with E-state index < -0.39 is 0 Å². The Labute approximate surface area is 135 Å². The second kappa shape index (κ2) is 7.54. The Morgan fingerprint density at radius 3 is 2.95 bits per heavy atom. The summed E-state index contributed by atoms with van der Waals surface area (Å²) in [7, 11) is 0. The molecule has 2 rings (SSSR count). The Morgan fingerprint density at radius 2 is 2.25 bits per heavy atom. The minimum Gasteiger partial charge on any atom is -0.396 e. The Bertz CT molecular complexity index is 482. The number of nitrogens with one attached hydrogen (secondary N) is 1. The molecule has 1 aromatic rings. The first-order valence-corrected chi connectivity index (χ1v) is 8.25. The molecule has 4 nitrogen and oxygen atoms in total. The Balaban J connectivity index is 1.84. The summed E-state index contributed by atoms with van der Waals surface area (Å²) in [6.07, 6.45) is 1.90. The lowest BCUT2D eigenvalue weighted by Crippen LogP contribution is -2.31. The van der Waals surface area contributed by atoms with E-state index in [1.807, 2.05) is 18.2 Å². The van der Waals surface area contributed by atoms with Gasteiger partial charge in [0.15, 0.2) is 0 Å². The van der Waals surface area contributed by atoms with Gasteiger partial charge in [0, 0.05) is 22.1 Å². The molecule has 0 aromatic heterocycles. The van der Waals surface area contributed by atoms with Crippen LogP contribution in [-0.4, -0.2) is 42.2 Å². The van der Waals surface area contributed by atoms with E-state index in [1.54, 1.807) is 0 Å². The van der Waals surface area contributed by atoms with Gasteiger partial charge in [-0.25, -0.2) is 0 Å². The van der Waals surface area contributed by atoms with Crippen molar-refractivity contribution in [3.05, 3.63) is 27.1 Å². The van der Waals surface area contributed by atoms with Gasteiger partial charge in [0.1, 0.15) is 0 Å². The molecule has 1 unspecified atom stereocenters. The summed E-state index contributed by atoms with van der Waals surface area (Å²) in [5.41, 5.74) is 0.782. The number of likely N-dealkylation sites (tertiary alicyclic amines) is 1. The maximum atomic E-state index is 12.0. The zero-order valence-corrected chi connectivity index (χ0v) is 14.3. The lowest BCUT2D eigenvalue weighted by Gasteiger charge is -2.16. The quantitative estimate of drug-likeness (QED) is 0.791. The molecule has 1 aromatic carbocycles. The van der Waals surface area contributed by atoms with Gasteiger partial charge < -0.3 is 10.4 Å². The van der Waals surface area contributed by atoms with Gasteiger partial charge in [-0.15, -0.1) is 0 Å². The molecule has 20 heavy (non-hydrogen) atoms. The number of aliphatic hydroxyl groups is 1. The fourth-order valence-corrected chi connectivity index (χ4v) is 3.60. The molecule has 1 atom stereocenters. The number of hydrogen-bond acceptors (Lipinski definition) is 3. The van der Waals surface area contributed by atoms with E-state index in [0.29, 0.717) is 12.5 Å². The smallest absolute Gasteiger partial charge is 0.238 e. The number of rotatable bonds is 5. The third kappa shape index (κ3) is 4.55. The predicted molar refractivity (Wildman–Crippen MR) is 86.7 cm³/mol. The summed E-state index contributed by atoms with van der Waals surface area (Å²) in [6, 6.07) is 5.67. The molecular formula is C14H18Br2N2O2. The minimum absolute atomic E-state index is 0.00216. The van der Waals surface area contributed by atoms with Crippen molar-refractivity contribution < 1.29 is 9.90 Å².